The van der Waals surface area contributed by atoms with E-state index >= 15 is 0 Å². The first kappa shape index (κ1) is 20.3. The number of carbonyl (C=O) groups excluding carboxylic acids is 2. The minimum Gasteiger partial charge on any atom is -0.442 e. The third-order valence-electron chi connectivity index (χ3n) is 5.00. The van der Waals surface area contributed by atoms with E-state index in [1.165, 1.54) is 29.2 Å². The first-order chi connectivity index (χ1) is 14.4. The van der Waals surface area contributed by atoms with Crippen LogP contribution in [0.1, 0.15) is 23.9 Å². The quantitative estimate of drug-likeness (QED) is 0.783. The van der Waals surface area contributed by atoms with Gasteiger partial charge in [0, 0.05) is 25.6 Å². The highest BCUT2D eigenvalue weighted by atomic mass is 32.1. The van der Waals surface area contributed by atoms with Crippen LogP contribution in [0.2, 0.25) is 0 Å². The van der Waals surface area contributed by atoms with Crippen molar-refractivity contribution in [3.8, 4) is 0 Å². The average Bonchev–Trinajstić information content (AvgIpc) is 3.32. The summed E-state index contributed by atoms with van der Waals surface area (Å²) in [6.45, 7) is 5.15. The maximum Gasteiger partial charge on any atom is 0.414 e. The van der Waals surface area contributed by atoms with Crippen LogP contribution >= 0.6 is 11.3 Å². The van der Waals surface area contributed by atoms with E-state index in [1.807, 2.05) is 13.0 Å². The Bertz CT molecular complexity index is 1010. The summed E-state index contributed by atoms with van der Waals surface area (Å²) in [5.41, 5.74) is 1.82. The number of halogens is 1. The highest BCUT2D eigenvalue weighted by Gasteiger charge is 2.33. The smallest absolute Gasteiger partial charge is 0.414 e. The normalized spacial score (nSPS) is 19.0. The summed E-state index contributed by atoms with van der Waals surface area (Å²) in [4.78, 5) is 26.7. The van der Waals surface area contributed by atoms with Gasteiger partial charge in [0.1, 0.15) is 16.9 Å². The summed E-state index contributed by atoms with van der Waals surface area (Å²) in [6, 6.07) is 4.77. The molecule has 3 heterocycles. The number of hydrogen-bond donors (Lipinski definition) is 1. The lowest BCUT2D eigenvalue weighted by molar-refractivity contribution is -0.119. The maximum atomic E-state index is 15.0. The molecule has 0 bridgehead atoms. The van der Waals surface area contributed by atoms with Gasteiger partial charge in [0.05, 0.1) is 18.8 Å². The van der Waals surface area contributed by atoms with Crippen LogP contribution in [-0.4, -0.2) is 54.5 Å². The van der Waals surface area contributed by atoms with Crippen LogP contribution in [0.25, 0.3) is 5.57 Å². The third-order valence-corrected chi connectivity index (χ3v) is 5.90. The number of ether oxygens (including phenoxy) is 1. The molecule has 1 atom stereocenters. The third kappa shape index (κ3) is 4.28. The van der Waals surface area contributed by atoms with E-state index in [-0.39, 0.29) is 19.0 Å². The molecule has 0 radical (unpaired) electrons. The van der Waals surface area contributed by atoms with Crippen LogP contribution in [0, 0.1) is 12.7 Å². The summed E-state index contributed by atoms with van der Waals surface area (Å²) in [7, 11) is 0. The number of carbonyl (C=O) groups is 2. The van der Waals surface area contributed by atoms with Crippen molar-refractivity contribution < 1.29 is 18.7 Å². The fourth-order valence-electron chi connectivity index (χ4n) is 3.54. The molecule has 1 aromatic carbocycles. The molecule has 1 N–H and O–H groups in total. The lowest BCUT2D eigenvalue weighted by atomic mass is 10.0. The van der Waals surface area contributed by atoms with Crippen LogP contribution in [0.3, 0.4) is 0 Å². The standard InChI is InChI=1S/C20H22FN5O3S/c1-12(27)22-9-16-11-26(20(28)29-16)15-5-6-17(18(21)8-15)14-4-3-7-25(10-14)19-24-23-13(2)30-19/h4-6,8,16H,3,7,9-11H2,1-2H3,(H,22,27). The highest BCUT2D eigenvalue weighted by Crippen LogP contribution is 2.31. The largest absolute Gasteiger partial charge is 0.442 e. The van der Waals surface area contributed by atoms with E-state index in [0.717, 1.165) is 28.7 Å². The Morgan fingerprint density at radius 1 is 1.40 bits per heavy atom. The molecule has 1 aromatic heterocycles. The number of aryl methyl sites for hydroxylation is 1. The van der Waals surface area contributed by atoms with Crippen molar-refractivity contribution in [2.45, 2.75) is 26.4 Å². The number of cyclic esters (lactones) is 1. The fourth-order valence-corrected chi connectivity index (χ4v) is 4.26. The Morgan fingerprint density at radius 2 is 2.23 bits per heavy atom. The summed E-state index contributed by atoms with van der Waals surface area (Å²) >= 11 is 1.52. The molecule has 1 unspecified atom stereocenters. The molecule has 4 rings (SSSR count). The Morgan fingerprint density at radius 3 is 2.93 bits per heavy atom. The number of anilines is 2. The topological polar surface area (TPSA) is 87.7 Å². The zero-order valence-corrected chi connectivity index (χ0v) is 17.5. The second-order valence-corrected chi connectivity index (χ2v) is 8.42. The van der Waals surface area contributed by atoms with Crippen molar-refractivity contribution in [1.82, 2.24) is 15.5 Å². The van der Waals surface area contributed by atoms with E-state index < -0.39 is 18.0 Å². The molecule has 0 aliphatic carbocycles. The summed E-state index contributed by atoms with van der Waals surface area (Å²) in [5.74, 6) is -0.592. The van der Waals surface area contributed by atoms with Crippen LogP contribution in [0.4, 0.5) is 20.0 Å². The molecule has 2 aromatic rings. The molecule has 1 saturated heterocycles. The van der Waals surface area contributed by atoms with Crippen LogP contribution in [0.5, 0.6) is 0 Å². The van der Waals surface area contributed by atoms with Gasteiger partial charge in [0.25, 0.3) is 0 Å². The Balaban J connectivity index is 1.47. The molecule has 30 heavy (non-hydrogen) atoms. The van der Waals surface area contributed by atoms with Crippen molar-refractivity contribution in [3.63, 3.8) is 0 Å². The molecule has 2 aliphatic rings. The minimum atomic E-state index is -0.549. The minimum absolute atomic E-state index is 0.196. The van der Waals surface area contributed by atoms with Gasteiger partial charge in [-0.1, -0.05) is 17.4 Å². The number of hydrogen-bond acceptors (Lipinski definition) is 7. The van der Waals surface area contributed by atoms with Crippen molar-refractivity contribution >= 4 is 39.7 Å². The van der Waals surface area contributed by atoms with Gasteiger partial charge in [0.2, 0.25) is 11.0 Å². The molecule has 0 spiro atoms. The lowest BCUT2D eigenvalue weighted by Gasteiger charge is -2.27. The van der Waals surface area contributed by atoms with E-state index in [9.17, 15) is 14.0 Å². The maximum absolute atomic E-state index is 15.0. The van der Waals surface area contributed by atoms with Crippen LogP contribution < -0.4 is 15.1 Å². The van der Waals surface area contributed by atoms with Crippen LogP contribution in [-0.2, 0) is 9.53 Å². The molecule has 1 fully saturated rings. The lowest BCUT2D eigenvalue weighted by Crippen LogP contribution is -2.33. The van der Waals surface area contributed by atoms with E-state index in [1.54, 1.807) is 12.1 Å². The van der Waals surface area contributed by atoms with Gasteiger partial charge >= 0.3 is 6.09 Å². The van der Waals surface area contributed by atoms with Crippen LogP contribution in [0.15, 0.2) is 24.3 Å². The van der Waals surface area contributed by atoms with E-state index in [0.29, 0.717) is 17.8 Å². The van der Waals surface area contributed by atoms with Gasteiger partial charge in [-0.3, -0.25) is 9.69 Å². The Kier molecular flexibility index (Phi) is 5.67. The summed E-state index contributed by atoms with van der Waals surface area (Å²) < 4.78 is 20.2. The number of aromatic nitrogens is 2. The second kappa shape index (κ2) is 8.39. The van der Waals surface area contributed by atoms with Crippen molar-refractivity contribution in [2.75, 3.05) is 36.0 Å². The van der Waals surface area contributed by atoms with Gasteiger partial charge < -0.3 is 15.0 Å². The molecule has 0 saturated carbocycles. The number of nitrogens with zero attached hydrogens (tertiary/aromatic N) is 4. The number of nitrogens with one attached hydrogen (secondary N) is 1. The fraction of sp³-hybridized carbons (Fsp3) is 0.400. The molecule has 2 aliphatic heterocycles. The van der Waals surface area contributed by atoms with Gasteiger partial charge in [-0.15, -0.1) is 10.2 Å². The molecular formula is C20H22FN5O3S. The van der Waals surface area contributed by atoms with Gasteiger partial charge in [-0.05, 0) is 37.1 Å². The number of benzene rings is 1. The summed E-state index contributed by atoms with van der Waals surface area (Å²) in [5, 5.41) is 12.6. The molecule has 8 nitrogen and oxygen atoms in total. The van der Waals surface area contributed by atoms with E-state index in [4.69, 9.17) is 4.74 Å². The molecule has 2 amide bonds. The van der Waals surface area contributed by atoms with Gasteiger partial charge in [-0.25, -0.2) is 9.18 Å². The monoisotopic (exact) mass is 431 g/mol. The molecule has 10 heteroatoms. The number of amides is 2. The second-order valence-electron chi connectivity index (χ2n) is 7.26. The molecule has 158 valence electrons. The Labute approximate surface area is 177 Å². The first-order valence-electron chi connectivity index (χ1n) is 9.67. The van der Waals surface area contributed by atoms with Crippen molar-refractivity contribution in [1.29, 1.82) is 0 Å². The zero-order chi connectivity index (χ0) is 21.3. The average molecular weight is 431 g/mol. The predicted molar refractivity (Wildman–Crippen MR) is 112 cm³/mol. The summed E-state index contributed by atoms with van der Waals surface area (Å²) in [6.07, 6.45) is 1.82. The predicted octanol–water partition coefficient (Wildman–Crippen LogP) is 2.74. The SMILES string of the molecule is CC(=O)NCC1CN(c2ccc(C3=CCCN(c4nnc(C)s4)C3)c(F)c2)C(=O)O1. The molecular weight excluding hydrogens is 409 g/mol. The number of rotatable bonds is 5. The van der Waals surface area contributed by atoms with Gasteiger partial charge in [0.15, 0.2) is 0 Å². The Hall–Kier alpha value is -3.01. The van der Waals surface area contributed by atoms with E-state index in [2.05, 4.69) is 20.4 Å². The first-order valence-corrected chi connectivity index (χ1v) is 10.5. The highest BCUT2D eigenvalue weighted by molar-refractivity contribution is 7.15. The van der Waals surface area contributed by atoms with Crippen molar-refractivity contribution in [2.24, 2.45) is 0 Å². The zero-order valence-electron chi connectivity index (χ0n) is 16.7. The van der Waals surface area contributed by atoms with Gasteiger partial charge in [-0.2, -0.15) is 0 Å². The van der Waals surface area contributed by atoms with Crippen molar-refractivity contribution in [3.05, 3.63) is 40.7 Å².